The minimum Gasteiger partial charge on any atom is -0.414 e. The molecule has 0 aliphatic heterocycles. The number of thioether (sulfide) groups is 1. The van der Waals surface area contributed by atoms with Crippen LogP contribution in [0.3, 0.4) is 0 Å². The van der Waals surface area contributed by atoms with Crippen molar-refractivity contribution in [3.8, 4) is 0 Å². The lowest BCUT2D eigenvalue weighted by molar-refractivity contribution is 0.385. The average molecular weight is 329 g/mol. The van der Waals surface area contributed by atoms with Crippen LogP contribution < -0.4 is 5.73 Å². The smallest absolute Gasteiger partial charge is 0.276 e. The van der Waals surface area contributed by atoms with Crippen molar-refractivity contribution < 1.29 is 8.81 Å². The molecule has 0 aliphatic carbocycles. The van der Waals surface area contributed by atoms with Crippen LogP contribution in [0.2, 0.25) is 0 Å². The minimum absolute atomic E-state index is 0.251. The summed E-state index contributed by atoms with van der Waals surface area (Å²) in [6.45, 7) is 0. The molecule has 2 N–H and O–H groups in total. The van der Waals surface area contributed by atoms with E-state index in [1.807, 2.05) is 36.4 Å². The Bertz CT molecular complexity index is 763. The highest BCUT2D eigenvalue weighted by Crippen LogP contribution is 2.24. The van der Waals surface area contributed by atoms with E-state index >= 15 is 0 Å². The number of halogens is 1. The quantitative estimate of drug-likeness (QED) is 0.698. The Morgan fingerprint density at radius 3 is 2.61 bits per heavy atom. The summed E-state index contributed by atoms with van der Waals surface area (Å²) in [7, 11) is 0. The fourth-order valence-electron chi connectivity index (χ4n) is 2.16. The maximum atomic E-state index is 13.1. The van der Waals surface area contributed by atoms with Gasteiger partial charge in [-0.2, -0.15) is 0 Å². The molecular formula is C17H16FN3OS. The third kappa shape index (κ3) is 4.40. The van der Waals surface area contributed by atoms with Gasteiger partial charge in [-0.3, -0.25) is 0 Å². The lowest BCUT2D eigenvalue weighted by atomic mass is 10.1. The maximum Gasteiger partial charge on any atom is 0.276 e. The second-order valence-corrected chi connectivity index (χ2v) is 6.05. The molecule has 0 spiro atoms. The predicted octanol–water partition coefficient (Wildman–Crippen LogP) is 3.74. The molecule has 0 aliphatic rings. The number of nitrogens with two attached hydrogens (primary N) is 1. The Labute approximate surface area is 137 Å². The van der Waals surface area contributed by atoms with Crippen molar-refractivity contribution in [3.63, 3.8) is 0 Å². The van der Waals surface area contributed by atoms with Crippen molar-refractivity contribution in [3.05, 3.63) is 77.4 Å². The summed E-state index contributed by atoms with van der Waals surface area (Å²) in [6.07, 6.45) is 0.636. The van der Waals surface area contributed by atoms with Gasteiger partial charge in [-0.05, 0) is 29.7 Å². The standard InChI is InChI=1S/C17H16FN3OS/c18-14-8-4-7-13(9-14)11-23-17-21-20-16(22-17)15(19)10-12-5-2-1-3-6-12/h1-9,15H,10-11,19H2/t15-/m0/s1. The van der Waals surface area contributed by atoms with Crippen molar-refractivity contribution in [2.45, 2.75) is 23.4 Å². The van der Waals surface area contributed by atoms with E-state index in [1.165, 1.54) is 23.9 Å². The molecule has 1 aromatic heterocycles. The molecule has 1 heterocycles. The number of rotatable bonds is 6. The van der Waals surface area contributed by atoms with Gasteiger partial charge >= 0.3 is 0 Å². The first-order valence-corrected chi connectivity index (χ1v) is 8.19. The van der Waals surface area contributed by atoms with Crippen molar-refractivity contribution in [1.82, 2.24) is 10.2 Å². The van der Waals surface area contributed by atoms with Crippen LogP contribution in [0.15, 0.2) is 64.2 Å². The minimum atomic E-state index is -0.339. The first-order chi connectivity index (χ1) is 11.2. The van der Waals surface area contributed by atoms with E-state index in [4.69, 9.17) is 10.2 Å². The largest absolute Gasteiger partial charge is 0.414 e. The summed E-state index contributed by atoms with van der Waals surface area (Å²) in [5.41, 5.74) is 8.09. The third-order valence-corrected chi connectivity index (χ3v) is 4.18. The van der Waals surface area contributed by atoms with E-state index in [0.717, 1.165) is 11.1 Å². The fraction of sp³-hybridized carbons (Fsp3) is 0.176. The van der Waals surface area contributed by atoms with Crippen LogP contribution in [0.5, 0.6) is 0 Å². The van der Waals surface area contributed by atoms with Crippen molar-refractivity contribution >= 4 is 11.8 Å². The summed E-state index contributed by atoms with van der Waals surface area (Å²) >= 11 is 1.36. The van der Waals surface area contributed by atoms with Gasteiger partial charge in [0, 0.05) is 5.75 Å². The van der Waals surface area contributed by atoms with Gasteiger partial charge in [0.1, 0.15) is 5.82 Å². The topological polar surface area (TPSA) is 64.9 Å². The molecule has 23 heavy (non-hydrogen) atoms. The van der Waals surface area contributed by atoms with Crippen LogP contribution in [-0.2, 0) is 12.2 Å². The molecule has 4 nitrogen and oxygen atoms in total. The molecule has 3 rings (SSSR count). The molecule has 0 unspecified atom stereocenters. The van der Waals surface area contributed by atoms with Crippen LogP contribution in [0.1, 0.15) is 23.1 Å². The Morgan fingerprint density at radius 1 is 1.04 bits per heavy atom. The van der Waals surface area contributed by atoms with Gasteiger partial charge in [-0.15, -0.1) is 10.2 Å². The first kappa shape index (κ1) is 15.7. The average Bonchev–Trinajstić information content (AvgIpc) is 3.03. The van der Waals surface area contributed by atoms with Crippen LogP contribution >= 0.6 is 11.8 Å². The molecule has 0 fully saturated rings. The predicted molar refractivity (Wildman–Crippen MR) is 87.3 cm³/mol. The van der Waals surface area contributed by atoms with Gasteiger partial charge in [0.05, 0.1) is 6.04 Å². The Kier molecular flexibility index (Phi) is 5.05. The number of hydrogen-bond acceptors (Lipinski definition) is 5. The molecule has 0 radical (unpaired) electrons. The second-order valence-electron chi connectivity index (χ2n) is 5.12. The molecule has 0 bridgehead atoms. The van der Waals surface area contributed by atoms with E-state index in [2.05, 4.69) is 10.2 Å². The highest BCUT2D eigenvalue weighted by Gasteiger charge is 2.15. The van der Waals surface area contributed by atoms with Gasteiger partial charge in [-0.25, -0.2) is 4.39 Å². The normalized spacial score (nSPS) is 12.3. The van der Waals surface area contributed by atoms with Crippen LogP contribution in [0, 0.1) is 5.82 Å². The van der Waals surface area contributed by atoms with Gasteiger partial charge in [-0.1, -0.05) is 54.2 Å². The zero-order valence-corrected chi connectivity index (χ0v) is 13.2. The lowest BCUT2D eigenvalue weighted by Gasteiger charge is -2.06. The van der Waals surface area contributed by atoms with Crippen molar-refractivity contribution in [2.75, 3.05) is 0 Å². The number of hydrogen-bond donors (Lipinski definition) is 1. The molecular weight excluding hydrogens is 313 g/mol. The summed E-state index contributed by atoms with van der Waals surface area (Å²) in [5, 5.41) is 8.43. The van der Waals surface area contributed by atoms with Crippen molar-refractivity contribution in [1.29, 1.82) is 0 Å². The summed E-state index contributed by atoms with van der Waals surface area (Å²) in [5.74, 6) is 0.725. The van der Waals surface area contributed by atoms with Gasteiger partial charge in [0.2, 0.25) is 5.89 Å². The zero-order chi connectivity index (χ0) is 16.1. The second kappa shape index (κ2) is 7.39. The van der Waals surface area contributed by atoms with Crippen molar-refractivity contribution in [2.24, 2.45) is 5.73 Å². The van der Waals surface area contributed by atoms with E-state index in [1.54, 1.807) is 6.07 Å². The monoisotopic (exact) mass is 329 g/mol. The molecule has 0 saturated heterocycles. The summed E-state index contributed by atoms with van der Waals surface area (Å²) < 4.78 is 18.7. The molecule has 1 atom stereocenters. The Hall–Kier alpha value is -2.18. The number of nitrogens with zero attached hydrogens (tertiary/aromatic N) is 2. The molecule has 3 aromatic rings. The maximum absolute atomic E-state index is 13.1. The number of benzene rings is 2. The molecule has 2 aromatic carbocycles. The SMILES string of the molecule is N[C@@H](Cc1ccccc1)c1nnc(SCc2cccc(F)c2)o1. The molecule has 0 amide bonds. The molecule has 6 heteroatoms. The van der Waals surface area contributed by atoms with Gasteiger partial charge < -0.3 is 10.2 Å². The summed E-state index contributed by atoms with van der Waals surface area (Å²) in [6, 6.07) is 16.0. The van der Waals surface area contributed by atoms with E-state index in [-0.39, 0.29) is 11.9 Å². The van der Waals surface area contributed by atoms with Crippen LogP contribution in [-0.4, -0.2) is 10.2 Å². The fourth-order valence-corrected chi connectivity index (χ4v) is 2.87. The Morgan fingerprint density at radius 2 is 1.83 bits per heavy atom. The van der Waals surface area contributed by atoms with E-state index in [9.17, 15) is 4.39 Å². The highest BCUT2D eigenvalue weighted by atomic mass is 32.2. The number of aromatic nitrogens is 2. The summed E-state index contributed by atoms with van der Waals surface area (Å²) in [4.78, 5) is 0. The molecule has 0 saturated carbocycles. The molecule has 118 valence electrons. The van der Waals surface area contributed by atoms with Gasteiger partial charge in [0.15, 0.2) is 0 Å². The van der Waals surface area contributed by atoms with Crippen LogP contribution in [0.4, 0.5) is 4.39 Å². The van der Waals surface area contributed by atoms with E-state index < -0.39 is 0 Å². The van der Waals surface area contributed by atoms with Gasteiger partial charge in [0.25, 0.3) is 5.22 Å². The van der Waals surface area contributed by atoms with Crippen LogP contribution in [0.25, 0.3) is 0 Å². The van der Waals surface area contributed by atoms with E-state index in [0.29, 0.717) is 23.3 Å². The first-order valence-electron chi connectivity index (χ1n) is 7.21. The lowest BCUT2D eigenvalue weighted by Crippen LogP contribution is -2.13. The highest BCUT2D eigenvalue weighted by molar-refractivity contribution is 7.98. The Balaban J connectivity index is 1.59. The zero-order valence-electron chi connectivity index (χ0n) is 12.4. The third-order valence-electron chi connectivity index (χ3n) is 3.29.